The van der Waals surface area contributed by atoms with Gasteiger partial charge in [-0.05, 0) is 47.0 Å². The monoisotopic (exact) mass is 446 g/mol. The number of hydrogen-bond acceptors (Lipinski definition) is 3. The lowest BCUT2D eigenvalue weighted by atomic mass is 9.81. The Kier molecular flexibility index (Phi) is 14.0. The molecule has 32 heavy (non-hydrogen) atoms. The van der Waals surface area contributed by atoms with Crippen LogP contribution in [0.15, 0.2) is 22.3 Å². The van der Waals surface area contributed by atoms with Gasteiger partial charge in [0.05, 0.1) is 5.60 Å². The smallest absolute Gasteiger partial charge is 0.185 e. The molecule has 3 heteroatoms. The summed E-state index contributed by atoms with van der Waals surface area (Å²) < 4.78 is 0. The van der Waals surface area contributed by atoms with E-state index in [1.807, 2.05) is 6.92 Å². The molecule has 0 heterocycles. The summed E-state index contributed by atoms with van der Waals surface area (Å²) in [4.78, 5) is 24.9. The first-order chi connectivity index (χ1) is 15.2. The van der Waals surface area contributed by atoms with Crippen LogP contribution in [0.25, 0.3) is 0 Å². The molecule has 0 unspecified atom stereocenters. The first kappa shape index (κ1) is 28.8. The molecule has 0 aromatic rings. The molecule has 0 amide bonds. The third-order valence-electron chi connectivity index (χ3n) is 7.29. The largest absolute Gasteiger partial charge is 0.390 e. The molecule has 0 aromatic heterocycles. The van der Waals surface area contributed by atoms with Crippen LogP contribution < -0.4 is 0 Å². The molecule has 1 atom stereocenters. The highest BCUT2D eigenvalue weighted by Gasteiger charge is 2.29. The van der Waals surface area contributed by atoms with Crippen LogP contribution in [0.4, 0.5) is 0 Å². The highest BCUT2D eigenvalue weighted by molar-refractivity contribution is 6.24. The second kappa shape index (κ2) is 15.6. The van der Waals surface area contributed by atoms with Gasteiger partial charge >= 0.3 is 0 Å². The van der Waals surface area contributed by atoms with Crippen molar-refractivity contribution in [2.45, 2.75) is 149 Å². The quantitative estimate of drug-likeness (QED) is 0.170. The van der Waals surface area contributed by atoms with Crippen LogP contribution in [0.3, 0.4) is 0 Å². The van der Waals surface area contributed by atoms with Gasteiger partial charge in [-0.1, -0.05) is 96.8 Å². The fourth-order valence-electron chi connectivity index (χ4n) is 4.68. The van der Waals surface area contributed by atoms with Crippen molar-refractivity contribution >= 4 is 11.6 Å². The number of hydrogen-bond donors (Lipinski definition) is 1. The molecule has 184 valence electrons. The van der Waals surface area contributed by atoms with Gasteiger partial charge in [0.25, 0.3) is 0 Å². The number of carbonyl (C=O) groups excluding carboxylic acids is 2. The van der Waals surface area contributed by atoms with Crippen LogP contribution in [0, 0.1) is 0 Å². The van der Waals surface area contributed by atoms with Crippen LogP contribution in [0.5, 0.6) is 0 Å². The third-order valence-corrected chi connectivity index (χ3v) is 7.29. The average Bonchev–Trinajstić information content (AvgIpc) is 2.76. The summed E-state index contributed by atoms with van der Waals surface area (Å²) >= 11 is 0. The molecule has 1 N–H and O–H groups in total. The van der Waals surface area contributed by atoms with Crippen molar-refractivity contribution in [2.24, 2.45) is 0 Å². The van der Waals surface area contributed by atoms with Gasteiger partial charge in [0.15, 0.2) is 11.6 Å². The second-order valence-corrected chi connectivity index (χ2v) is 10.4. The molecule has 0 radical (unpaired) electrons. The molecule has 0 aliphatic heterocycles. The number of unbranched alkanes of at least 4 members (excludes halogenated alkanes) is 13. The minimum absolute atomic E-state index is 0.0214. The van der Waals surface area contributed by atoms with Crippen molar-refractivity contribution in [2.75, 3.05) is 0 Å². The van der Waals surface area contributed by atoms with Crippen molar-refractivity contribution < 1.29 is 14.7 Å². The normalized spacial score (nSPS) is 16.8. The second-order valence-electron chi connectivity index (χ2n) is 10.4. The average molecular weight is 447 g/mol. The Hall–Kier alpha value is -1.22. The predicted molar refractivity (Wildman–Crippen MR) is 136 cm³/mol. The standard InChI is InChI=1S/C29H50O3/c1-6-7-8-9-10-11-12-13-14-15-16-17-18-19-21-29(5,32)22-20-26-25(4)27(30)23(2)24(3)28(26)31/h32H,6-22H2,1-5H3/t29-/m1/s1. The zero-order valence-corrected chi connectivity index (χ0v) is 21.8. The molecule has 1 rings (SSSR count). The number of allylic oxidation sites excluding steroid dienone is 4. The van der Waals surface area contributed by atoms with Gasteiger partial charge in [-0.3, -0.25) is 9.59 Å². The van der Waals surface area contributed by atoms with E-state index in [0.717, 1.165) is 19.3 Å². The van der Waals surface area contributed by atoms with Gasteiger partial charge in [0, 0.05) is 22.3 Å². The maximum absolute atomic E-state index is 12.6. The Balaban J connectivity index is 2.11. The molecule has 0 spiro atoms. The Morgan fingerprint density at radius 1 is 0.594 bits per heavy atom. The molecule has 0 aromatic carbocycles. The number of Topliss-reactive ketones (excluding diaryl/α,β-unsaturated/α-hetero) is 2. The maximum Gasteiger partial charge on any atom is 0.185 e. The fraction of sp³-hybridized carbons (Fsp3) is 0.793. The summed E-state index contributed by atoms with van der Waals surface area (Å²) in [6.07, 6.45) is 20.3. The number of carbonyl (C=O) groups is 2. The lowest BCUT2D eigenvalue weighted by Crippen LogP contribution is -2.26. The lowest BCUT2D eigenvalue weighted by Gasteiger charge is -2.25. The predicted octanol–water partition coefficient (Wildman–Crippen LogP) is 8.19. The minimum Gasteiger partial charge on any atom is -0.390 e. The molecule has 1 aliphatic carbocycles. The van der Waals surface area contributed by atoms with E-state index in [-0.39, 0.29) is 11.6 Å². The molecule has 3 nitrogen and oxygen atoms in total. The van der Waals surface area contributed by atoms with Crippen molar-refractivity contribution in [3.8, 4) is 0 Å². The van der Waals surface area contributed by atoms with Crippen LogP contribution in [-0.2, 0) is 9.59 Å². The molecule has 0 fully saturated rings. The molecular formula is C29H50O3. The molecule has 0 bridgehead atoms. The maximum atomic E-state index is 12.6. The SMILES string of the molecule is CCCCCCCCCCCCCCCC[C@@](C)(O)CCC1=C(C)C(=O)C(C)=C(C)C1=O. The topological polar surface area (TPSA) is 54.4 Å². The zero-order valence-electron chi connectivity index (χ0n) is 21.8. The van der Waals surface area contributed by atoms with E-state index in [1.165, 1.54) is 77.0 Å². The van der Waals surface area contributed by atoms with Gasteiger partial charge < -0.3 is 5.11 Å². The van der Waals surface area contributed by atoms with Crippen molar-refractivity contribution in [3.63, 3.8) is 0 Å². The fourth-order valence-corrected chi connectivity index (χ4v) is 4.68. The summed E-state index contributed by atoms with van der Waals surface area (Å²) in [6.45, 7) is 9.34. The van der Waals surface area contributed by atoms with E-state index in [2.05, 4.69) is 6.92 Å². The number of aliphatic hydroxyl groups is 1. The minimum atomic E-state index is -0.780. The van der Waals surface area contributed by atoms with E-state index in [0.29, 0.717) is 35.1 Å². The van der Waals surface area contributed by atoms with E-state index < -0.39 is 5.60 Å². The Bertz CT molecular complexity index is 651. The zero-order chi connectivity index (χ0) is 24.0. The van der Waals surface area contributed by atoms with Gasteiger partial charge in [0.1, 0.15) is 0 Å². The van der Waals surface area contributed by atoms with E-state index in [9.17, 15) is 14.7 Å². The molecular weight excluding hydrogens is 396 g/mol. The van der Waals surface area contributed by atoms with E-state index in [1.54, 1.807) is 20.8 Å². The van der Waals surface area contributed by atoms with Crippen molar-refractivity contribution in [1.29, 1.82) is 0 Å². The van der Waals surface area contributed by atoms with Crippen LogP contribution >= 0.6 is 0 Å². The first-order valence-corrected chi connectivity index (χ1v) is 13.4. The summed E-state index contributed by atoms with van der Waals surface area (Å²) in [5, 5.41) is 10.8. The Morgan fingerprint density at radius 3 is 1.47 bits per heavy atom. The third kappa shape index (κ3) is 10.6. The van der Waals surface area contributed by atoms with Crippen LogP contribution in [-0.4, -0.2) is 22.3 Å². The lowest BCUT2D eigenvalue weighted by molar-refractivity contribution is -0.116. The molecule has 0 saturated heterocycles. The first-order valence-electron chi connectivity index (χ1n) is 13.4. The van der Waals surface area contributed by atoms with E-state index >= 15 is 0 Å². The highest BCUT2D eigenvalue weighted by atomic mass is 16.3. The van der Waals surface area contributed by atoms with Gasteiger partial charge in [-0.2, -0.15) is 0 Å². The number of ketones is 2. The summed E-state index contributed by atoms with van der Waals surface area (Å²) in [5.41, 5.74) is 1.50. The van der Waals surface area contributed by atoms with Crippen molar-refractivity contribution in [1.82, 2.24) is 0 Å². The summed E-state index contributed by atoms with van der Waals surface area (Å²) in [6, 6.07) is 0. The van der Waals surface area contributed by atoms with E-state index in [4.69, 9.17) is 0 Å². The number of rotatable bonds is 18. The van der Waals surface area contributed by atoms with Crippen LogP contribution in [0.1, 0.15) is 144 Å². The molecule has 1 aliphatic rings. The van der Waals surface area contributed by atoms with Gasteiger partial charge in [-0.15, -0.1) is 0 Å². The Labute approximate surface area is 198 Å². The molecule has 0 saturated carbocycles. The summed E-state index contributed by atoms with van der Waals surface area (Å²) in [5.74, 6) is -0.0457. The Morgan fingerprint density at radius 2 is 1.00 bits per heavy atom. The van der Waals surface area contributed by atoms with Crippen LogP contribution in [0.2, 0.25) is 0 Å². The van der Waals surface area contributed by atoms with Crippen molar-refractivity contribution in [3.05, 3.63) is 22.3 Å². The van der Waals surface area contributed by atoms with Gasteiger partial charge in [0.2, 0.25) is 0 Å². The van der Waals surface area contributed by atoms with Gasteiger partial charge in [-0.25, -0.2) is 0 Å². The summed E-state index contributed by atoms with van der Waals surface area (Å²) in [7, 11) is 0. The highest BCUT2D eigenvalue weighted by Crippen LogP contribution is 2.30.